The van der Waals surface area contributed by atoms with E-state index in [4.69, 9.17) is 5.73 Å². The molecule has 0 amide bonds. The first kappa shape index (κ1) is 27.4. The number of piperazine rings is 1. The molecule has 37 heavy (non-hydrogen) atoms. The Morgan fingerprint density at radius 1 is 1.30 bits per heavy atom. The Morgan fingerprint density at radius 2 is 1.97 bits per heavy atom. The second-order valence-electron chi connectivity index (χ2n) is 8.17. The molecule has 0 bridgehead atoms. The van der Waals surface area contributed by atoms with Gasteiger partial charge in [0.15, 0.2) is 11.9 Å². The van der Waals surface area contributed by atoms with E-state index in [1.807, 2.05) is 6.07 Å². The highest BCUT2D eigenvalue weighted by Crippen LogP contribution is 2.24. The Balaban J connectivity index is 2.00. The van der Waals surface area contributed by atoms with Crippen LogP contribution in [0.15, 0.2) is 52.3 Å². The molecule has 13 heteroatoms. The molecule has 0 radical (unpaired) electrons. The van der Waals surface area contributed by atoms with Gasteiger partial charge in [-0.3, -0.25) is 19.2 Å². The van der Waals surface area contributed by atoms with Gasteiger partial charge in [0.05, 0.1) is 19.6 Å². The summed E-state index contributed by atoms with van der Waals surface area (Å²) in [6.45, 7) is 5.93. The van der Waals surface area contributed by atoms with Gasteiger partial charge < -0.3 is 20.3 Å². The third-order valence-corrected chi connectivity index (χ3v) is 5.72. The SMILES string of the molecule is C=C(N1CCNC(OC(=O)C(F)(F)F)C1)N(CC#CC)c1c(N)n(Cc2ccccc2)c(=O)n(C)c1=O. The van der Waals surface area contributed by atoms with Crippen LogP contribution in [0, 0.1) is 11.8 Å². The Hall–Kier alpha value is -4.18. The van der Waals surface area contributed by atoms with E-state index in [1.165, 1.54) is 16.5 Å². The summed E-state index contributed by atoms with van der Waals surface area (Å²) in [7, 11) is 1.32. The third kappa shape index (κ3) is 6.15. The zero-order valence-corrected chi connectivity index (χ0v) is 20.3. The molecule has 1 fully saturated rings. The lowest BCUT2D eigenvalue weighted by Gasteiger charge is -2.39. The highest BCUT2D eigenvalue weighted by atomic mass is 19.4. The largest absolute Gasteiger partial charge is 0.490 e. The van der Waals surface area contributed by atoms with Gasteiger partial charge in [0.25, 0.3) is 5.56 Å². The van der Waals surface area contributed by atoms with Crippen molar-refractivity contribution in [2.24, 2.45) is 7.05 Å². The van der Waals surface area contributed by atoms with Crippen LogP contribution in [0.5, 0.6) is 0 Å². The molecule has 1 aromatic carbocycles. The molecular weight excluding hydrogens is 493 g/mol. The summed E-state index contributed by atoms with van der Waals surface area (Å²) in [6, 6.07) is 9.04. The maximum atomic E-state index is 13.2. The van der Waals surface area contributed by atoms with Gasteiger partial charge in [-0.1, -0.05) is 42.8 Å². The number of carbonyl (C=O) groups excluding carboxylic acids is 1. The van der Waals surface area contributed by atoms with Crippen LogP contribution in [0.25, 0.3) is 0 Å². The fraction of sp³-hybridized carbons (Fsp3) is 0.375. The number of aromatic nitrogens is 2. The van der Waals surface area contributed by atoms with Gasteiger partial charge >= 0.3 is 17.8 Å². The van der Waals surface area contributed by atoms with Crippen LogP contribution in [0.2, 0.25) is 0 Å². The number of nitrogens with zero attached hydrogens (tertiary/aromatic N) is 4. The molecule has 0 saturated carbocycles. The van der Waals surface area contributed by atoms with Crippen molar-refractivity contribution in [2.45, 2.75) is 25.9 Å². The van der Waals surface area contributed by atoms with Crippen LogP contribution in [0.4, 0.5) is 24.7 Å². The number of anilines is 2. The number of carbonyl (C=O) groups is 1. The predicted octanol–water partition coefficient (Wildman–Crippen LogP) is 0.815. The smallest absolute Gasteiger partial charge is 0.438 e. The third-order valence-electron chi connectivity index (χ3n) is 5.72. The van der Waals surface area contributed by atoms with Gasteiger partial charge in [-0.25, -0.2) is 9.59 Å². The Morgan fingerprint density at radius 3 is 2.59 bits per heavy atom. The predicted molar refractivity (Wildman–Crippen MR) is 131 cm³/mol. The monoisotopic (exact) mass is 520 g/mol. The zero-order valence-electron chi connectivity index (χ0n) is 20.3. The topological polar surface area (TPSA) is 115 Å². The molecule has 1 unspecified atom stereocenters. The minimum Gasteiger partial charge on any atom is -0.438 e. The molecule has 3 rings (SSSR count). The number of nitrogen functional groups attached to an aromatic ring is 1. The molecule has 1 atom stereocenters. The van der Waals surface area contributed by atoms with Crippen molar-refractivity contribution in [1.82, 2.24) is 19.4 Å². The highest BCUT2D eigenvalue weighted by Gasteiger charge is 2.43. The van der Waals surface area contributed by atoms with E-state index in [-0.39, 0.29) is 50.1 Å². The van der Waals surface area contributed by atoms with Crippen LogP contribution in [-0.2, 0) is 23.1 Å². The van der Waals surface area contributed by atoms with Gasteiger partial charge in [0, 0.05) is 20.1 Å². The Bertz CT molecular complexity index is 1340. The summed E-state index contributed by atoms with van der Waals surface area (Å²) in [5, 5.41) is 2.70. The highest BCUT2D eigenvalue weighted by molar-refractivity contribution is 5.75. The van der Waals surface area contributed by atoms with Gasteiger partial charge in [0.1, 0.15) is 11.6 Å². The van der Waals surface area contributed by atoms with Gasteiger partial charge in [-0.15, -0.1) is 5.92 Å². The second kappa shape index (κ2) is 11.3. The average Bonchev–Trinajstić information content (AvgIpc) is 2.87. The molecule has 3 N–H and O–H groups in total. The molecule has 10 nitrogen and oxygen atoms in total. The number of nitrogens with two attached hydrogens (primary N) is 1. The normalized spacial score (nSPS) is 15.5. The number of hydrogen-bond acceptors (Lipinski definition) is 8. The van der Waals surface area contributed by atoms with Gasteiger partial charge in [-0.05, 0) is 12.5 Å². The molecule has 1 aromatic heterocycles. The van der Waals surface area contributed by atoms with Gasteiger partial charge in [0.2, 0.25) is 0 Å². The summed E-state index contributed by atoms with van der Waals surface area (Å²) in [4.78, 5) is 40.4. The molecule has 1 saturated heterocycles. The number of halogens is 3. The number of hydrogen-bond donors (Lipinski definition) is 2. The minimum atomic E-state index is -5.14. The van der Waals surface area contributed by atoms with Crippen molar-refractivity contribution in [2.75, 3.05) is 36.8 Å². The Labute approximate surface area is 210 Å². The van der Waals surface area contributed by atoms with Gasteiger partial charge in [-0.2, -0.15) is 13.2 Å². The van der Waals surface area contributed by atoms with E-state index in [1.54, 1.807) is 36.1 Å². The fourth-order valence-corrected chi connectivity index (χ4v) is 3.79. The van der Waals surface area contributed by atoms with E-state index in [9.17, 15) is 27.6 Å². The van der Waals surface area contributed by atoms with Crippen LogP contribution >= 0.6 is 0 Å². The molecule has 1 aliphatic heterocycles. The van der Waals surface area contributed by atoms with Crippen LogP contribution in [0.1, 0.15) is 12.5 Å². The van der Waals surface area contributed by atoms with Crippen molar-refractivity contribution in [1.29, 1.82) is 0 Å². The molecule has 198 valence electrons. The number of esters is 1. The maximum Gasteiger partial charge on any atom is 0.490 e. The van der Waals surface area contributed by atoms with E-state index >= 15 is 0 Å². The molecule has 2 aromatic rings. The second-order valence-corrected chi connectivity index (χ2v) is 8.17. The average molecular weight is 521 g/mol. The number of alkyl halides is 3. The Kier molecular flexibility index (Phi) is 8.34. The van der Waals surface area contributed by atoms with E-state index in [0.717, 1.165) is 10.1 Å². The number of rotatable bonds is 7. The molecule has 2 heterocycles. The lowest BCUT2D eigenvalue weighted by molar-refractivity contribution is -0.207. The summed E-state index contributed by atoms with van der Waals surface area (Å²) < 4.78 is 44.7. The first-order chi connectivity index (χ1) is 17.5. The maximum absolute atomic E-state index is 13.2. The van der Waals surface area contributed by atoms with Crippen molar-refractivity contribution in [3.63, 3.8) is 0 Å². The lowest BCUT2D eigenvalue weighted by atomic mass is 10.2. The molecule has 0 aliphatic carbocycles. The zero-order chi connectivity index (χ0) is 27.3. The summed E-state index contributed by atoms with van der Waals surface area (Å²) in [5.41, 5.74) is 5.77. The molecule has 0 spiro atoms. The van der Waals surface area contributed by atoms with E-state index < -0.39 is 29.6 Å². The van der Waals surface area contributed by atoms with Crippen molar-refractivity contribution < 1.29 is 22.7 Å². The van der Waals surface area contributed by atoms with Crippen LogP contribution < -0.4 is 27.2 Å². The van der Waals surface area contributed by atoms with Crippen molar-refractivity contribution in [3.05, 3.63) is 69.1 Å². The number of nitrogens with one attached hydrogen (secondary N) is 1. The van der Waals surface area contributed by atoms with Crippen molar-refractivity contribution in [3.8, 4) is 11.8 Å². The van der Waals surface area contributed by atoms with Crippen molar-refractivity contribution >= 4 is 17.5 Å². The van der Waals surface area contributed by atoms with E-state index in [2.05, 4.69) is 28.5 Å². The number of benzene rings is 1. The molecular formula is C24H27F3N6O4. The first-order valence-electron chi connectivity index (χ1n) is 11.2. The quantitative estimate of drug-likeness (QED) is 0.408. The number of ether oxygens (including phenoxy) is 1. The minimum absolute atomic E-state index is 0.0464. The van der Waals surface area contributed by atoms with Crippen LogP contribution in [-0.4, -0.2) is 58.6 Å². The molecule has 1 aliphatic rings. The fourth-order valence-electron chi connectivity index (χ4n) is 3.79. The summed E-state index contributed by atoms with van der Waals surface area (Å²) in [5.74, 6) is 3.30. The lowest BCUT2D eigenvalue weighted by Crippen LogP contribution is -2.55. The first-order valence-corrected chi connectivity index (χ1v) is 11.2. The van der Waals surface area contributed by atoms with Crippen LogP contribution in [0.3, 0.4) is 0 Å². The summed E-state index contributed by atoms with van der Waals surface area (Å²) >= 11 is 0. The van der Waals surface area contributed by atoms with E-state index in [0.29, 0.717) is 0 Å². The summed E-state index contributed by atoms with van der Waals surface area (Å²) in [6.07, 6.45) is -6.41. The standard InChI is InChI=1S/C24H27F3N6O4/c1-4-5-12-32(16(2)31-13-11-29-18(15-31)37-22(35)24(25,26)27)19-20(28)33(23(36)30(3)21(19)34)14-17-9-7-6-8-10-17/h6-10,18,29H,2,11-15,28H2,1,3H3.